The number of ether oxygens (including phenoxy) is 1. The van der Waals surface area contributed by atoms with Gasteiger partial charge in [-0.2, -0.15) is 0 Å². The van der Waals surface area contributed by atoms with Gasteiger partial charge in [0.1, 0.15) is 17.6 Å². The number of halogens is 1. The molecular weight excluding hydrogens is 250 g/mol. The molecule has 1 aromatic carbocycles. The highest BCUT2D eigenvalue weighted by Crippen LogP contribution is 2.54. The molecule has 0 amide bonds. The smallest absolute Gasteiger partial charge is 0.134 e. The van der Waals surface area contributed by atoms with E-state index >= 15 is 0 Å². The van der Waals surface area contributed by atoms with Crippen LogP contribution < -0.4 is 10.5 Å². The van der Waals surface area contributed by atoms with Crippen molar-refractivity contribution in [3.05, 3.63) is 23.2 Å². The molecule has 1 aromatic rings. The van der Waals surface area contributed by atoms with E-state index < -0.39 is 0 Å². The molecule has 1 saturated carbocycles. The van der Waals surface area contributed by atoms with Crippen LogP contribution in [0.5, 0.6) is 11.5 Å². The minimum atomic E-state index is -0.0755. The standard InChI is InChI=1S/C14H20ClNO2/c1-13(2)11(16)14(3,4)12(13)18-8-5-6-10(17)9(15)7-8/h5-7,11-12,17H,16H2,1-4H3. The maximum Gasteiger partial charge on any atom is 0.134 e. The Morgan fingerprint density at radius 1 is 1.22 bits per heavy atom. The fraction of sp³-hybridized carbons (Fsp3) is 0.571. The van der Waals surface area contributed by atoms with E-state index in [9.17, 15) is 5.11 Å². The fourth-order valence-corrected chi connectivity index (χ4v) is 3.32. The predicted molar refractivity (Wildman–Crippen MR) is 73.1 cm³/mol. The van der Waals surface area contributed by atoms with E-state index in [1.165, 1.54) is 6.07 Å². The molecule has 0 atom stereocenters. The Labute approximate surface area is 113 Å². The number of nitrogens with two attached hydrogens (primary N) is 1. The van der Waals surface area contributed by atoms with E-state index in [1.54, 1.807) is 12.1 Å². The highest BCUT2D eigenvalue weighted by molar-refractivity contribution is 6.32. The lowest BCUT2D eigenvalue weighted by molar-refractivity contribution is -0.155. The van der Waals surface area contributed by atoms with Crippen LogP contribution in [0.1, 0.15) is 27.7 Å². The lowest BCUT2D eigenvalue weighted by atomic mass is 9.50. The van der Waals surface area contributed by atoms with Gasteiger partial charge in [-0.1, -0.05) is 39.3 Å². The first-order valence-electron chi connectivity index (χ1n) is 6.08. The monoisotopic (exact) mass is 269 g/mol. The summed E-state index contributed by atoms with van der Waals surface area (Å²) in [5.41, 5.74) is 6.03. The number of benzene rings is 1. The average molecular weight is 270 g/mol. The van der Waals surface area contributed by atoms with Gasteiger partial charge in [0.15, 0.2) is 0 Å². The molecule has 1 aliphatic carbocycles. The van der Waals surface area contributed by atoms with E-state index in [0.717, 1.165) is 0 Å². The Morgan fingerprint density at radius 3 is 2.28 bits per heavy atom. The molecule has 0 radical (unpaired) electrons. The molecule has 3 nitrogen and oxygen atoms in total. The summed E-state index contributed by atoms with van der Waals surface area (Å²) in [5, 5.41) is 9.69. The molecule has 3 N–H and O–H groups in total. The zero-order valence-corrected chi connectivity index (χ0v) is 12.0. The minimum absolute atomic E-state index is 0.0283. The lowest BCUT2D eigenvalue weighted by Crippen LogP contribution is -2.72. The van der Waals surface area contributed by atoms with Gasteiger partial charge < -0.3 is 15.6 Å². The summed E-state index contributed by atoms with van der Waals surface area (Å²) in [4.78, 5) is 0. The van der Waals surface area contributed by atoms with E-state index in [4.69, 9.17) is 22.1 Å². The van der Waals surface area contributed by atoms with Crippen LogP contribution in [0.4, 0.5) is 0 Å². The highest BCUT2D eigenvalue weighted by atomic mass is 35.5. The first-order valence-corrected chi connectivity index (χ1v) is 6.46. The van der Waals surface area contributed by atoms with Crippen molar-refractivity contribution in [2.45, 2.75) is 39.8 Å². The number of phenols is 1. The predicted octanol–water partition coefficient (Wildman–Crippen LogP) is 3.19. The molecule has 0 heterocycles. The molecule has 0 aliphatic heterocycles. The zero-order chi connectivity index (χ0) is 13.7. The molecule has 1 fully saturated rings. The molecule has 0 aromatic heterocycles. The van der Waals surface area contributed by atoms with Crippen LogP contribution in [0, 0.1) is 10.8 Å². The molecule has 18 heavy (non-hydrogen) atoms. The Hall–Kier alpha value is -0.930. The van der Waals surface area contributed by atoms with Crippen molar-refractivity contribution in [1.29, 1.82) is 0 Å². The molecule has 0 unspecified atom stereocenters. The normalized spacial score (nSPS) is 28.6. The summed E-state index contributed by atoms with van der Waals surface area (Å²) in [6.45, 7) is 8.43. The van der Waals surface area contributed by atoms with Crippen molar-refractivity contribution >= 4 is 11.6 Å². The largest absolute Gasteiger partial charge is 0.506 e. The number of phenolic OH excluding ortho intramolecular Hbond substituents is 1. The lowest BCUT2D eigenvalue weighted by Gasteiger charge is -2.61. The first kappa shape index (κ1) is 13.5. The van der Waals surface area contributed by atoms with Crippen molar-refractivity contribution in [3.8, 4) is 11.5 Å². The van der Waals surface area contributed by atoms with Crippen LogP contribution in [0.25, 0.3) is 0 Å². The van der Waals surface area contributed by atoms with Gasteiger partial charge in [-0.15, -0.1) is 0 Å². The van der Waals surface area contributed by atoms with Crippen LogP contribution in [-0.4, -0.2) is 17.3 Å². The molecule has 1 aliphatic rings. The van der Waals surface area contributed by atoms with Crippen LogP contribution in [0.3, 0.4) is 0 Å². The van der Waals surface area contributed by atoms with Crippen molar-refractivity contribution in [2.24, 2.45) is 16.6 Å². The van der Waals surface area contributed by atoms with Crippen LogP contribution in [-0.2, 0) is 0 Å². The van der Waals surface area contributed by atoms with Crippen molar-refractivity contribution < 1.29 is 9.84 Å². The summed E-state index contributed by atoms with van der Waals surface area (Å²) in [6, 6.07) is 4.99. The Morgan fingerprint density at radius 2 is 1.78 bits per heavy atom. The highest BCUT2D eigenvalue weighted by Gasteiger charge is 2.61. The molecule has 4 heteroatoms. The SMILES string of the molecule is CC1(C)C(N)C(C)(C)C1Oc1ccc(O)c(Cl)c1. The van der Waals surface area contributed by atoms with Gasteiger partial charge in [0, 0.05) is 22.9 Å². The second kappa shape index (κ2) is 4.04. The van der Waals surface area contributed by atoms with E-state index in [-0.39, 0.29) is 28.7 Å². The van der Waals surface area contributed by atoms with Gasteiger partial charge in [0.2, 0.25) is 0 Å². The summed E-state index contributed by atoms with van der Waals surface area (Å²) in [6.07, 6.45) is 0.0283. The summed E-state index contributed by atoms with van der Waals surface area (Å²) in [5.74, 6) is 0.726. The van der Waals surface area contributed by atoms with Crippen LogP contribution in [0.2, 0.25) is 5.02 Å². The minimum Gasteiger partial charge on any atom is -0.506 e. The van der Waals surface area contributed by atoms with Crippen LogP contribution >= 0.6 is 11.6 Å². The average Bonchev–Trinajstić information content (AvgIpc) is 2.29. The molecule has 2 rings (SSSR count). The Balaban J connectivity index is 2.21. The Bertz CT molecular complexity index is 455. The van der Waals surface area contributed by atoms with Gasteiger partial charge in [0.25, 0.3) is 0 Å². The van der Waals surface area contributed by atoms with E-state index in [0.29, 0.717) is 10.8 Å². The van der Waals surface area contributed by atoms with Crippen molar-refractivity contribution in [1.82, 2.24) is 0 Å². The van der Waals surface area contributed by atoms with Gasteiger partial charge in [-0.05, 0) is 12.1 Å². The third kappa shape index (κ3) is 1.86. The number of hydrogen-bond donors (Lipinski definition) is 2. The second-order valence-corrected chi connectivity index (χ2v) is 6.64. The summed E-state index contributed by atoms with van der Waals surface area (Å²) >= 11 is 5.87. The Kier molecular flexibility index (Phi) is 3.03. The topological polar surface area (TPSA) is 55.5 Å². The van der Waals surface area contributed by atoms with Gasteiger partial charge in [-0.25, -0.2) is 0 Å². The van der Waals surface area contributed by atoms with Crippen molar-refractivity contribution in [2.75, 3.05) is 0 Å². The number of aromatic hydroxyl groups is 1. The third-order valence-electron chi connectivity index (χ3n) is 4.13. The van der Waals surface area contributed by atoms with Gasteiger partial charge in [-0.3, -0.25) is 0 Å². The third-order valence-corrected chi connectivity index (χ3v) is 4.43. The van der Waals surface area contributed by atoms with Crippen LogP contribution in [0.15, 0.2) is 18.2 Å². The maximum atomic E-state index is 9.39. The second-order valence-electron chi connectivity index (χ2n) is 6.23. The quantitative estimate of drug-likeness (QED) is 0.867. The number of hydrogen-bond acceptors (Lipinski definition) is 3. The van der Waals surface area contributed by atoms with E-state index in [2.05, 4.69) is 27.7 Å². The first-order chi connectivity index (χ1) is 8.17. The summed E-state index contributed by atoms with van der Waals surface area (Å²) < 4.78 is 6.01. The van der Waals surface area contributed by atoms with Gasteiger partial charge >= 0.3 is 0 Å². The van der Waals surface area contributed by atoms with Crippen molar-refractivity contribution in [3.63, 3.8) is 0 Å². The fourth-order valence-electron chi connectivity index (χ4n) is 3.15. The molecular formula is C14H20ClNO2. The molecule has 0 saturated heterocycles. The zero-order valence-electron chi connectivity index (χ0n) is 11.2. The maximum absolute atomic E-state index is 9.39. The molecule has 0 spiro atoms. The van der Waals surface area contributed by atoms with Gasteiger partial charge in [0.05, 0.1) is 5.02 Å². The summed E-state index contributed by atoms with van der Waals surface area (Å²) in [7, 11) is 0. The molecule has 100 valence electrons. The number of rotatable bonds is 2. The molecule has 0 bridgehead atoms. The van der Waals surface area contributed by atoms with E-state index in [1.807, 2.05) is 0 Å².